The van der Waals surface area contributed by atoms with Crippen molar-refractivity contribution in [2.45, 2.75) is 309 Å². The van der Waals surface area contributed by atoms with Crippen LogP contribution in [0.25, 0.3) is 0 Å². The van der Waals surface area contributed by atoms with Crippen molar-refractivity contribution in [2.24, 2.45) is 0 Å². The van der Waals surface area contributed by atoms with Crippen LogP contribution in [0.3, 0.4) is 0 Å². The van der Waals surface area contributed by atoms with Gasteiger partial charge in [0.15, 0.2) is 6.10 Å². The van der Waals surface area contributed by atoms with Gasteiger partial charge in [-0.05, 0) is 70.6 Å². The van der Waals surface area contributed by atoms with E-state index in [2.05, 4.69) is 106 Å². The summed E-state index contributed by atoms with van der Waals surface area (Å²) in [5.74, 6) is -0.954. The molecule has 6 nitrogen and oxygen atoms in total. The highest BCUT2D eigenvalue weighted by Crippen LogP contribution is 2.17. The lowest BCUT2D eigenvalue weighted by Crippen LogP contribution is -2.30. The maximum atomic E-state index is 12.8. The summed E-state index contributed by atoms with van der Waals surface area (Å²) in [5.41, 5.74) is 0. The third-order valence-corrected chi connectivity index (χ3v) is 13.4. The van der Waals surface area contributed by atoms with Crippen molar-refractivity contribution in [2.75, 3.05) is 13.2 Å². The maximum Gasteiger partial charge on any atom is 0.306 e. The van der Waals surface area contributed by atoms with E-state index in [1.54, 1.807) is 0 Å². The molecule has 0 bridgehead atoms. The van der Waals surface area contributed by atoms with E-state index < -0.39 is 6.10 Å². The molecule has 0 aliphatic rings. The van der Waals surface area contributed by atoms with Crippen LogP contribution in [0, 0.1) is 0 Å². The number of unbranched alkanes of at least 4 members (excludes halogenated alkanes) is 31. The second-order valence-corrected chi connectivity index (χ2v) is 20.6. The lowest BCUT2D eigenvalue weighted by atomic mass is 10.0. The Kier molecular flexibility index (Phi) is 58.3. The standard InChI is InChI=1S/C67H116O6/c1-4-7-10-13-16-18-20-22-24-26-28-30-32-33-35-36-38-40-42-44-46-48-51-54-57-60-66(69)72-63-64(62-71-65(68)59-56-53-50-15-12-9-6-3)73-67(70)61-58-55-52-49-47-45-43-41-39-37-34-31-29-27-25-23-21-19-17-14-11-8-5-2/h8,11,17,19,23,25,29,31,37,39,43,45,49,52,64H,4-7,9-10,12-16,18,20-22,24,26-28,30,32-36,38,40-42,44,46-48,50-51,53-63H2,1-3H3/b11-8-,19-17-,25-23-,31-29-,39-37-,45-43-,52-49-. The van der Waals surface area contributed by atoms with Gasteiger partial charge in [-0.25, -0.2) is 0 Å². The Hall–Kier alpha value is -3.41. The molecule has 420 valence electrons. The Morgan fingerprint density at radius 3 is 0.822 bits per heavy atom. The monoisotopic (exact) mass is 1020 g/mol. The highest BCUT2D eigenvalue weighted by molar-refractivity contribution is 5.71. The van der Waals surface area contributed by atoms with Gasteiger partial charge in [-0.3, -0.25) is 14.4 Å². The summed E-state index contributed by atoms with van der Waals surface area (Å²) in [5, 5.41) is 0. The summed E-state index contributed by atoms with van der Waals surface area (Å²) in [6.45, 7) is 6.47. The lowest BCUT2D eigenvalue weighted by Gasteiger charge is -2.18. The van der Waals surface area contributed by atoms with Crippen LogP contribution in [0.4, 0.5) is 0 Å². The molecule has 0 amide bonds. The topological polar surface area (TPSA) is 78.9 Å². The van der Waals surface area contributed by atoms with Gasteiger partial charge in [0.05, 0.1) is 0 Å². The average Bonchev–Trinajstić information content (AvgIpc) is 3.39. The zero-order chi connectivity index (χ0) is 52.9. The maximum absolute atomic E-state index is 12.8. The number of ether oxygens (including phenoxy) is 3. The molecule has 1 atom stereocenters. The van der Waals surface area contributed by atoms with E-state index in [4.69, 9.17) is 14.2 Å². The molecule has 0 saturated heterocycles. The Balaban J connectivity index is 4.22. The molecule has 6 heteroatoms. The number of hydrogen-bond acceptors (Lipinski definition) is 6. The highest BCUT2D eigenvalue weighted by atomic mass is 16.6. The third-order valence-electron chi connectivity index (χ3n) is 13.4. The molecule has 0 aromatic carbocycles. The number of allylic oxidation sites excluding steroid dienone is 14. The van der Waals surface area contributed by atoms with Gasteiger partial charge in [0.2, 0.25) is 0 Å². The van der Waals surface area contributed by atoms with E-state index in [9.17, 15) is 14.4 Å². The summed E-state index contributed by atoms with van der Waals surface area (Å²) in [4.78, 5) is 38.0. The van der Waals surface area contributed by atoms with Crippen molar-refractivity contribution in [3.63, 3.8) is 0 Å². The number of rotatable bonds is 56. The van der Waals surface area contributed by atoms with Gasteiger partial charge in [-0.2, -0.15) is 0 Å². The first kappa shape index (κ1) is 69.6. The molecule has 0 spiro atoms. The zero-order valence-corrected chi connectivity index (χ0v) is 48.1. The molecular formula is C67H116O6. The largest absolute Gasteiger partial charge is 0.462 e. The normalized spacial score (nSPS) is 12.6. The van der Waals surface area contributed by atoms with Crippen molar-refractivity contribution < 1.29 is 28.6 Å². The SMILES string of the molecule is CC/C=C\C/C=C\C/C=C\C/C=C\C/C=C\C/C=C\C/C=C\CCCC(=O)OC(COC(=O)CCCCCCCCC)COC(=O)CCCCCCCCCCCCCCCCCCCCCCCCCCC. The molecule has 0 aliphatic carbocycles. The van der Waals surface area contributed by atoms with Crippen LogP contribution in [-0.4, -0.2) is 37.2 Å². The minimum absolute atomic E-state index is 0.0966. The predicted octanol–water partition coefficient (Wildman–Crippen LogP) is 21.1. The second kappa shape index (κ2) is 61.1. The average molecular weight is 1020 g/mol. The molecule has 0 aliphatic heterocycles. The Morgan fingerprint density at radius 1 is 0.288 bits per heavy atom. The van der Waals surface area contributed by atoms with Gasteiger partial charge in [0.1, 0.15) is 13.2 Å². The molecule has 0 saturated carbocycles. The molecule has 0 fully saturated rings. The summed E-state index contributed by atoms with van der Waals surface area (Å²) in [6.07, 6.45) is 80.6. The van der Waals surface area contributed by atoms with Crippen molar-refractivity contribution in [1.82, 2.24) is 0 Å². The minimum atomic E-state index is -0.804. The van der Waals surface area contributed by atoms with E-state index in [0.717, 1.165) is 89.9 Å². The van der Waals surface area contributed by atoms with E-state index in [0.29, 0.717) is 19.3 Å². The molecule has 0 N–H and O–H groups in total. The Morgan fingerprint density at radius 2 is 0.534 bits per heavy atom. The third kappa shape index (κ3) is 59.3. The van der Waals surface area contributed by atoms with E-state index in [1.165, 1.54) is 167 Å². The van der Waals surface area contributed by atoms with Crippen LogP contribution < -0.4 is 0 Å². The van der Waals surface area contributed by atoms with Crippen LogP contribution in [-0.2, 0) is 28.6 Å². The number of carbonyl (C=O) groups excluding carboxylic acids is 3. The van der Waals surface area contributed by atoms with E-state index in [-0.39, 0.29) is 37.5 Å². The van der Waals surface area contributed by atoms with Gasteiger partial charge < -0.3 is 14.2 Å². The second-order valence-electron chi connectivity index (χ2n) is 20.6. The molecule has 73 heavy (non-hydrogen) atoms. The first-order valence-electron chi connectivity index (χ1n) is 31.1. The highest BCUT2D eigenvalue weighted by Gasteiger charge is 2.19. The fourth-order valence-corrected chi connectivity index (χ4v) is 8.79. The fourth-order valence-electron chi connectivity index (χ4n) is 8.79. The van der Waals surface area contributed by atoms with Crippen LogP contribution >= 0.6 is 0 Å². The molecule has 0 radical (unpaired) electrons. The van der Waals surface area contributed by atoms with Gasteiger partial charge in [0, 0.05) is 19.3 Å². The summed E-state index contributed by atoms with van der Waals surface area (Å²) < 4.78 is 16.8. The van der Waals surface area contributed by atoms with Crippen molar-refractivity contribution in [1.29, 1.82) is 0 Å². The number of carbonyl (C=O) groups is 3. The van der Waals surface area contributed by atoms with E-state index >= 15 is 0 Å². The number of esters is 3. The van der Waals surface area contributed by atoms with Gasteiger partial charge in [-0.1, -0.05) is 298 Å². The summed E-state index contributed by atoms with van der Waals surface area (Å²) in [7, 11) is 0. The number of hydrogen-bond donors (Lipinski definition) is 0. The molecule has 0 aromatic heterocycles. The first-order chi connectivity index (χ1) is 36.0. The molecule has 0 rings (SSSR count). The van der Waals surface area contributed by atoms with Crippen LogP contribution in [0.1, 0.15) is 303 Å². The van der Waals surface area contributed by atoms with E-state index in [1.807, 2.05) is 0 Å². The predicted molar refractivity (Wildman–Crippen MR) is 316 cm³/mol. The van der Waals surface area contributed by atoms with Gasteiger partial charge in [-0.15, -0.1) is 0 Å². The van der Waals surface area contributed by atoms with Gasteiger partial charge in [0.25, 0.3) is 0 Å². The van der Waals surface area contributed by atoms with Gasteiger partial charge >= 0.3 is 17.9 Å². The summed E-state index contributed by atoms with van der Waals surface area (Å²) in [6, 6.07) is 0. The minimum Gasteiger partial charge on any atom is -0.462 e. The smallest absolute Gasteiger partial charge is 0.306 e. The van der Waals surface area contributed by atoms with Crippen molar-refractivity contribution in [3.8, 4) is 0 Å². The first-order valence-corrected chi connectivity index (χ1v) is 31.1. The summed E-state index contributed by atoms with van der Waals surface area (Å²) >= 11 is 0. The Bertz CT molecular complexity index is 1400. The van der Waals surface area contributed by atoms with Crippen LogP contribution in [0.5, 0.6) is 0 Å². The lowest BCUT2D eigenvalue weighted by molar-refractivity contribution is -0.167. The molecular weight excluding hydrogens is 901 g/mol. The van der Waals surface area contributed by atoms with Crippen molar-refractivity contribution >= 4 is 17.9 Å². The van der Waals surface area contributed by atoms with Crippen LogP contribution in [0.2, 0.25) is 0 Å². The fraction of sp³-hybridized carbons (Fsp3) is 0.746. The quantitative estimate of drug-likeness (QED) is 0.0261. The molecule has 0 aromatic rings. The van der Waals surface area contributed by atoms with Crippen LogP contribution in [0.15, 0.2) is 85.1 Å². The molecule has 1 unspecified atom stereocenters. The zero-order valence-electron chi connectivity index (χ0n) is 48.1. The Labute approximate surface area is 452 Å². The molecule has 0 heterocycles. The van der Waals surface area contributed by atoms with Crippen molar-refractivity contribution in [3.05, 3.63) is 85.1 Å².